The van der Waals surface area contributed by atoms with E-state index < -0.39 is 0 Å². The molecular formula is C8H9O3. The fraction of sp³-hybridized carbons (Fsp3) is 0.250. The summed E-state index contributed by atoms with van der Waals surface area (Å²) in [6.07, 6.45) is 1.70. The lowest BCUT2D eigenvalue weighted by atomic mass is 10.3. The second-order valence-corrected chi connectivity index (χ2v) is 1.98. The van der Waals surface area contributed by atoms with Crippen molar-refractivity contribution in [3.63, 3.8) is 0 Å². The van der Waals surface area contributed by atoms with Gasteiger partial charge in [-0.15, -0.1) is 0 Å². The number of esters is 1. The Morgan fingerprint density at radius 1 is 1.73 bits per heavy atom. The molecule has 0 aliphatic carbocycles. The summed E-state index contributed by atoms with van der Waals surface area (Å²) in [7, 11) is 0. The van der Waals surface area contributed by atoms with Crippen LogP contribution in [0.2, 0.25) is 0 Å². The van der Waals surface area contributed by atoms with Crippen LogP contribution in [0, 0.1) is 6.92 Å². The molecule has 1 aromatic rings. The van der Waals surface area contributed by atoms with Crippen LogP contribution in [0.5, 0.6) is 0 Å². The number of hydrogen-bond acceptors (Lipinski definition) is 3. The Balaban J connectivity index is 2.37. The van der Waals surface area contributed by atoms with Crippen LogP contribution in [-0.2, 0) is 16.0 Å². The van der Waals surface area contributed by atoms with Crippen LogP contribution >= 0.6 is 0 Å². The molecule has 1 aromatic heterocycles. The van der Waals surface area contributed by atoms with Crippen LogP contribution in [0.3, 0.4) is 0 Å². The molecule has 0 saturated carbocycles. The minimum atomic E-state index is -0.310. The molecule has 0 amide bonds. The van der Waals surface area contributed by atoms with Crippen molar-refractivity contribution in [2.45, 2.75) is 6.42 Å². The highest BCUT2D eigenvalue weighted by Gasteiger charge is 2.04. The van der Waals surface area contributed by atoms with E-state index >= 15 is 0 Å². The Morgan fingerprint density at radius 3 is 3.09 bits per heavy atom. The summed E-state index contributed by atoms with van der Waals surface area (Å²) >= 11 is 0. The summed E-state index contributed by atoms with van der Waals surface area (Å²) < 4.78 is 9.53. The maximum atomic E-state index is 10.8. The monoisotopic (exact) mass is 153 g/mol. The van der Waals surface area contributed by atoms with Crippen molar-refractivity contribution in [3.8, 4) is 0 Å². The van der Waals surface area contributed by atoms with E-state index in [1.54, 1.807) is 12.1 Å². The first-order chi connectivity index (χ1) is 5.33. The minimum absolute atomic E-state index is 0.166. The van der Waals surface area contributed by atoms with Gasteiger partial charge < -0.3 is 9.15 Å². The fourth-order valence-electron chi connectivity index (χ4n) is 0.720. The van der Waals surface area contributed by atoms with Crippen LogP contribution < -0.4 is 0 Å². The molecule has 0 saturated heterocycles. The molecule has 0 fully saturated rings. The van der Waals surface area contributed by atoms with Gasteiger partial charge in [0.25, 0.3) is 0 Å². The predicted octanol–water partition coefficient (Wildman–Crippen LogP) is 1.20. The van der Waals surface area contributed by atoms with E-state index in [2.05, 4.69) is 11.7 Å². The van der Waals surface area contributed by atoms with Gasteiger partial charge in [-0.1, -0.05) is 0 Å². The van der Waals surface area contributed by atoms with Gasteiger partial charge >= 0.3 is 5.97 Å². The van der Waals surface area contributed by atoms with Crippen LogP contribution in [0.4, 0.5) is 0 Å². The van der Waals surface area contributed by atoms with Gasteiger partial charge in [-0.3, -0.25) is 4.79 Å². The van der Waals surface area contributed by atoms with Crippen molar-refractivity contribution >= 4 is 5.97 Å². The SMILES string of the molecule is [CH2]COC(=O)Cc1ccco1. The lowest BCUT2D eigenvalue weighted by Gasteiger charge is -1.97. The molecule has 0 aromatic carbocycles. The van der Waals surface area contributed by atoms with Gasteiger partial charge in [0, 0.05) is 0 Å². The average molecular weight is 153 g/mol. The third kappa shape index (κ3) is 2.45. The lowest BCUT2D eigenvalue weighted by Crippen LogP contribution is -2.06. The Morgan fingerprint density at radius 2 is 2.55 bits per heavy atom. The Hall–Kier alpha value is -1.25. The number of carbonyl (C=O) groups is 1. The average Bonchev–Trinajstić information content (AvgIpc) is 2.40. The van der Waals surface area contributed by atoms with Crippen molar-refractivity contribution in [2.75, 3.05) is 6.61 Å². The molecule has 59 valence electrons. The van der Waals surface area contributed by atoms with Gasteiger partial charge in [-0.25, -0.2) is 0 Å². The number of rotatable bonds is 3. The molecule has 0 unspecified atom stereocenters. The maximum Gasteiger partial charge on any atom is 0.313 e. The van der Waals surface area contributed by atoms with Gasteiger partial charge in [0.1, 0.15) is 12.2 Å². The zero-order valence-electron chi connectivity index (χ0n) is 6.08. The molecule has 0 aliphatic heterocycles. The van der Waals surface area contributed by atoms with E-state index in [4.69, 9.17) is 4.42 Å². The molecule has 1 radical (unpaired) electrons. The highest BCUT2D eigenvalue weighted by Crippen LogP contribution is 2.01. The maximum absolute atomic E-state index is 10.8. The largest absolute Gasteiger partial charge is 0.469 e. The molecule has 1 rings (SSSR count). The van der Waals surface area contributed by atoms with Crippen LogP contribution in [0.25, 0.3) is 0 Å². The van der Waals surface area contributed by atoms with E-state index in [1.807, 2.05) is 0 Å². The third-order valence-corrected chi connectivity index (χ3v) is 1.16. The number of furan rings is 1. The molecule has 0 atom stereocenters. The standard InChI is InChI=1S/C8H9O3/c1-2-10-8(9)6-7-4-3-5-11-7/h3-5H,1-2,6H2. The van der Waals surface area contributed by atoms with Gasteiger partial charge in [0.2, 0.25) is 0 Å². The highest BCUT2D eigenvalue weighted by molar-refractivity contribution is 5.71. The minimum Gasteiger partial charge on any atom is -0.469 e. The van der Waals surface area contributed by atoms with E-state index in [1.165, 1.54) is 6.26 Å². The smallest absolute Gasteiger partial charge is 0.313 e. The molecule has 3 heteroatoms. The number of carbonyl (C=O) groups excluding carboxylic acids is 1. The molecule has 0 aliphatic rings. The summed E-state index contributed by atoms with van der Waals surface area (Å²) in [6.45, 7) is 3.55. The summed E-state index contributed by atoms with van der Waals surface area (Å²) in [5.41, 5.74) is 0. The topological polar surface area (TPSA) is 39.4 Å². The first-order valence-corrected chi connectivity index (χ1v) is 3.30. The van der Waals surface area contributed by atoms with E-state index in [0.717, 1.165) is 0 Å². The second-order valence-electron chi connectivity index (χ2n) is 1.98. The quantitative estimate of drug-likeness (QED) is 0.612. The summed E-state index contributed by atoms with van der Waals surface area (Å²) in [5, 5.41) is 0. The normalized spacial score (nSPS) is 9.55. The Labute approximate surface area is 65.0 Å². The predicted molar refractivity (Wildman–Crippen MR) is 38.7 cm³/mol. The van der Waals surface area contributed by atoms with Crippen molar-refractivity contribution in [1.82, 2.24) is 0 Å². The first-order valence-electron chi connectivity index (χ1n) is 3.30. The zero-order valence-corrected chi connectivity index (χ0v) is 6.08. The second kappa shape index (κ2) is 3.81. The summed E-state index contributed by atoms with van der Waals surface area (Å²) in [6, 6.07) is 3.46. The van der Waals surface area contributed by atoms with Crippen molar-refractivity contribution < 1.29 is 13.9 Å². The van der Waals surface area contributed by atoms with Crippen molar-refractivity contribution in [2.24, 2.45) is 0 Å². The molecule has 0 bridgehead atoms. The van der Waals surface area contributed by atoms with Gasteiger partial charge in [-0.05, 0) is 19.1 Å². The number of hydrogen-bond donors (Lipinski definition) is 0. The van der Waals surface area contributed by atoms with Gasteiger partial charge in [-0.2, -0.15) is 0 Å². The molecule has 1 heterocycles. The highest BCUT2D eigenvalue weighted by atomic mass is 16.5. The molecule has 0 spiro atoms. The van der Waals surface area contributed by atoms with Crippen molar-refractivity contribution in [3.05, 3.63) is 31.1 Å². The molecule has 0 N–H and O–H groups in total. The first kappa shape index (κ1) is 7.85. The summed E-state index contributed by atoms with van der Waals surface area (Å²) in [4.78, 5) is 10.8. The summed E-state index contributed by atoms with van der Waals surface area (Å²) in [5.74, 6) is 0.304. The van der Waals surface area contributed by atoms with Crippen molar-refractivity contribution in [1.29, 1.82) is 0 Å². The third-order valence-electron chi connectivity index (χ3n) is 1.16. The van der Waals surface area contributed by atoms with E-state index in [0.29, 0.717) is 5.76 Å². The molecule has 11 heavy (non-hydrogen) atoms. The van der Waals surface area contributed by atoms with Gasteiger partial charge in [0.05, 0.1) is 12.9 Å². The molecular weight excluding hydrogens is 144 g/mol. The fourth-order valence-corrected chi connectivity index (χ4v) is 0.720. The lowest BCUT2D eigenvalue weighted by molar-refractivity contribution is -0.141. The van der Waals surface area contributed by atoms with Crippen LogP contribution in [0.15, 0.2) is 22.8 Å². The molecule has 3 nitrogen and oxygen atoms in total. The van der Waals surface area contributed by atoms with Gasteiger partial charge in [0.15, 0.2) is 0 Å². The zero-order chi connectivity index (χ0) is 8.10. The number of ether oxygens (including phenoxy) is 1. The van der Waals surface area contributed by atoms with E-state index in [-0.39, 0.29) is 19.0 Å². The Kier molecular flexibility index (Phi) is 2.72. The van der Waals surface area contributed by atoms with E-state index in [9.17, 15) is 4.79 Å². The van der Waals surface area contributed by atoms with Crippen LogP contribution in [0.1, 0.15) is 5.76 Å². The Bertz CT molecular complexity index is 213. The van der Waals surface area contributed by atoms with Crippen LogP contribution in [-0.4, -0.2) is 12.6 Å².